The van der Waals surface area contributed by atoms with Gasteiger partial charge >= 0.3 is 5.97 Å². The Morgan fingerprint density at radius 2 is 1.75 bits per heavy atom. The van der Waals surface area contributed by atoms with Gasteiger partial charge in [-0.2, -0.15) is 11.8 Å². The Hall–Kier alpha value is -1.81. The van der Waals surface area contributed by atoms with Crippen molar-refractivity contribution in [1.29, 1.82) is 0 Å². The Morgan fingerprint density at radius 1 is 1.12 bits per heavy atom. The number of thioether (sulfide) groups is 1. The van der Waals surface area contributed by atoms with Gasteiger partial charge in [-0.1, -0.05) is 6.92 Å². The molecule has 0 aromatic carbocycles. The molecule has 0 aliphatic carbocycles. The Balaban J connectivity index is 4.45. The summed E-state index contributed by atoms with van der Waals surface area (Å²) in [6.07, 6.45) is 1.40. The normalized spacial score (nSPS) is 14.2. The number of rotatable bonds is 11. The van der Waals surface area contributed by atoms with Crippen LogP contribution in [0.15, 0.2) is 0 Å². The number of carbonyl (C=O) groups excluding carboxylic acids is 3. The fourth-order valence-electron chi connectivity index (χ4n) is 1.72. The van der Waals surface area contributed by atoms with Crippen LogP contribution in [0.4, 0.5) is 0 Å². The third kappa shape index (κ3) is 8.73. The number of hydrogen-bond donors (Lipinski definition) is 5. The molecule has 0 saturated carbocycles. The lowest BCUT2D eigenvalue weighted by Gasteiger charge is -2.22. The fraction of sp³-hybridized carbons (Fsp3) is 0.714. The van der Waals surface area contributed by atoms with Crippen molar-refractivity contribution in [3.63, 3.8) is 0 Å². The zero-order valence-electron chi connectivity index (χ0n) is 14.0. The zero-order valence-corrected chi connectivity index (χ0v) is 14.8. The fourth-order valence-corrected chi connectivity index (χ4v) is 2.25. The van der Waals surface area contributed by atoms with Crippen LogP contribution in [0.3, 0.4) is 0 Å². The predicted molar refractivity (Wildman–Crippen MR) is 89.5 cm³/mol. The highest BCUT2D eigenvalue weighted by Crippen LogP contribution is 2.03. The van der Waals surface area contributed by atoms with Gasteiger partial charge in [-0.25, -0.2) is 4.79 Å². The summed E-state index contributed by atoms with van der Waals surface area (Å²) in [4.78, 5) is 46.0. The number of nitrogens with one attached hydrogen (secondary N) is 3. The van der Waals surface area contributed by atoms with Gasteiger partial charge in [-0.15, -0.1) is 0 Å². The SMILES string of the molecule is CCCC(=O)NCC(=O)N[C@@H](C)C(=O)N[C@H](C(=O)O)C(O)CSC. The van der Waals surface area contributed by atoms with Crippen LogP contribution in [-0.4, -0.2) is 70.6 Å². The molecule has 0 bridgehead atoms. The molecule has 0 aliphatic heterocycles. The van der Waals surface area contributed by atoms with Crippen molar-refractivity contribution in [3.8, 4) is 0 Å². The van der Waals surface area contributed by atoms with Crippen molar-refractivity contribution < 1.29 is 29.4 Å². The van der Waals surface area contributed by atoms with E-state index in [0.717, 1.165) is 0 Å². The molecule has 0 saturated heterocycles. The van der Waals surface area contributed by atoms with Crippen molar-refractivity contribution in [2.75, 3.05) is 18.6 Å². The maximum absolute atomic E-state index is 11.9. The van der Waals surface area contributed by atoms with Crippen molar-refractivity contribution in [1.82, 2.24) is 16.0 Å². The van der Waals surface area contributed by atoms with E-state index in [-0.39, 0.29) is 18.2 Å². The maximum atomic E-state index is 11.9. The van der Waals surface area contributed by atoms with E-state index in [4.69, 9.17) is 5.11 Å². The number of carboxylic acids is 1. The van der Waals surface area contributed by atoms with Crippen LogP contribution >= 0.6 is 11.8 Å². The minimum atomic E-state index is -1.46. The number of aliphatic carboxylic acids is 1. The van der Waals surface area contributed by atoms with Crippen LogP contribution in [0.1, 0.15) is 26.7 Å². The third-order valence-corrected chi connectivity index (χ3v) is 3.65. The van der Waals surface area contributed by atoms with Gasteiger partial charge < -0.3 is 26.2 Å². The van der Waals surface area contributed by atoms with E-state index in [1.54, 1.807) is 6.26 Å². The van der Waals surface area contributed by atoms with E-state index in [2.05, 4.69) is 16.0 Å². The smallest absolute Gasteiger partial charge is 0.328 e. The van der Waals surface area contributed by atoms with Crippen LogP contribution in [-0.2, 0) is 19.2 Å². The van der Waals surface area contributed by atoms with E-state index in [9.17, 15) is 24.3 Å². The second kappa shape index (κ2) is 11.7. The molecule has 9 nitrogen and oxygen atoms in total. The second-order valence-corrected chi connectivity index (χ2v) is 6.07. The van der Waals surface area contributed by atoms with Gasteiger partial charge in [0, 0.05) is 12.2 Å². The second-order valence-electron chi connectivity index (χ2n) is 5.16. The van der Waals surface area contributed by atoms with Crippen LogP contribution in [0, 0.1) is 0 Å². The molecule has 0 spiro atoms. The molecular weight excluding hydrogens is 338 g/mol. The molecule has 0 rings (SSSR count). The lowest BCUT2D eigenvalue weighted by Crippen LogP contribution is -2.55. The maximum Gasteiger partial charge on any atom is 0.328 e. The highest BCUT2D eigenvalue weighted by Gasteiger charge is 2.29. The van der Waals surface area contributed by atoms with Gasteiger partial charge in [0.2, 0.25) is 17.7 Å². The van der Waals surface area contributed by atoms with Crippen LogP contribution in [0.25, 0.3) is 0 Å². The molecule has 0 aliphatic rings. The topological polar surface area (TPSA) is 145 Å². The van der Waals surface area contributed by atoms with Gasteiger partial charge in [0.1, 0.15) is 6.04 Å². The van der Waals surface area contributed by atoms with Crippen molar-refractivity contribution >= 4 is 35.5 Å². The van der Waals surface area contributed by atoms with Gasteiger partial charge in [-0.3, -0.25) is 14.4 Å². The van der Waals surface area contributed by atoms with Crippen molar-refractivity contribution in [2.24, 2.45) is 0 Å². The first-order valence-electron chi connectivity index (χ1n) is 7.49. The summed E-state index contributed by atoms with van der Waals surface area (Å²) in [6, 6.07) is -2.47. The summed E-state index contributed by atoms with van der Waals surface area (Å²) >= 11 is 1.24. The summed E-state index contributed by atoms with van der Waals surface area (Å²) in [5, 5.41) is 25.7. The van der Waals surface area contributed by atoms with Crippen LogP contribution < -0.4 is 16.0 Å². The summed E-state index contributed by atoms with van der Waals surface area (Å²) < 4.78 is 0. The standard InChI is InChI=1S/C14H25N3O6S/c1-4-5-10(19)15-6-11(20)16-8(2)13(21)17-12(14(22)23)9(18)7-24-3/h8-9,12,18H,4-7H2,1-3H3,(H,15,19)(H,16,20)(H,17,21)(H,22,23)/t8-,9?,12-/m0/s1. The summed E-state index contributed by atoms with van der Waals surface area (Å²) in [5.74, 6) is -2.80. The number of aliphatic hydroxyl groups is 1. The summed E-state index contributed by atoms with van der Waals surface area (Å²) in [7, 11) is 0. The summed E-state index contributed by atoms with van der Waals surface area (Å²) in [5.41, 5.74) is 0. The molecule has 0 radical (unpaired) electrons. The Morgan fingerprint density at radius 3 is 2.25 bits per heavy atom. The molecule has 0 aromatic rings. The van der Waals surface area contributed by atoms with Crippen molar-refractivity contribution in [2.45, 2.75) is 44.9 Å². The van der Waals surface area contributed by atoms with Gasteiger partial charge in [0.15, 0.2) is 6.04 Å². The zero-order chi connectivity index (χ0) is 18.7. The van der Waals surface area contributed by atoms with E-state index >= 15 is 0 Å². The first-order valence-corrected chi connectivity index (χ1v) is 8.88. The highest BCUT2D eigenvalue weighted by molar-refractivity contribution is 7.98. The first-order chi connectivity index (χ1) is 11.2. The Bertz CT molecular complexity index is 460. The Labute approximate surface area is 144 Å². The third-order valence-electron chi connectivity index (χ3n) is 2.98. The van der Waals surface area contributed by atoms with E-state index in [1.807, 2.05) is 6.92 Å². The summed E-state index contributed by atoms with van der Waals surface area (Å²) in [6.45, 7) is 2.94. The quantitative estimate of drug-likeness (QED) is 0.307. The van der Waals surface area contributed by atoms with E-state index < -0.39 is 36.0 Å². The van der Waals surface area contributed by atoms with Gasteiger partial charge in [0.25, 0.3) is 0 Å². The molecule has 0 aromatic heterocycles. The molecule has 3 atom stereocenters. The average molecular weight is 363 g/mol. The monoisotopic (exact) mass is 363 g/mol. The molecule has 0 fully saturated rings. The Kier molecular flexibility index (Phi) is 10.8. The number of amides is 3. The number of carbonyl (C=O) groups is 4. The molecule has 1 unspecified atom stereocenters. The lowest BCUT2D eigenvalue weighted by molar-refractivity contribution is -0.145. The molecule has 138 valence electrons. The molecule has 24 heavy (non-hydrogen) atoms. The largest absolute Gasteiger partial charge is 0.480 e. The van der Waals surface area contributed by atoms with Gasteiger partial charge in [-0.05, 0) is 19.6 Å². The van der Waals surface area contributed by atoms with Crippen LogP contribution in [0.5, 0.6) is 0 Å². The average Bonchev–Trinajstić information content (AvgIpc) is 2.50. The number of carboxylic acid groups (broad SMARTS) is 1. The van der Waals surface area contributed by atoms with E-state index in [1.165, 1.54) is 18.7 Å². The van der Waals surface area contributed by atoms with Gasteiger partial charge in [0.05, 0.1) is 12.6 Å². The first kappa shape index (κ1) is 22.2. The van der Waals surface area contributed by atoms with E-state index in [0.29, 0.717) is 12.8 Å². The number of hydrogen-bond acceptors (Lipinski definition) is 6. The molecule has 3 amide bonds. The minimum Gasteiger partial charge on any atom is -0.480 e. The molecular formula is C14H25N3O6S. The molecule has 0 heterocycles. The lowest BCUT2D eigenvalue weighted by atomic mass is 10.1. The molecule has 10 heteroatoms. The predicted octanol–water partition coefficient (Wildman–Crippen LogP) is -1.30. The molecule has 5 N–H and O–H groups in total. The highest BCUT2D eigenvalue weighted by atomic mass is 32.2. The number of aliphatic hydroxyl groups excluding tert-OH is 1. The minimum absolute atomic E-state index is 0.140. The van der Waals surface area contributed by atoms with Crippen molar-refractivity contribution in [3.05, 3.63) is 0 Å². The van der Waals surface area contributed by atoms with Crippen LogP contribution in [0.2, 0.25) is 0 Å².